The van der Waals surface area contributed by atoms with Crippen LogP contribution in [0.15, 0.2) is 107 Å². The average Bonchev–Trinajstić information content (AvgIpc) is 4.07. The summed E-state index contributed by atoms with van der Waals surface area (Å²) in [6.07, 6.45) is 6.46. The molecule has 0 spiro atoms. The summed E-state index contributed by atoms with van der Waals surface area (Å²) < 4.78 is 52.0. The zero-order valence-corrected chi connectivity index (χ0v) is 56.0. The minimum absolute atomic E-state index is 0.392. The second kappa shape index (κ2) is 23.0. The molecule has 1 unspecified atom stereocenters. The van der Waals surface area contributed by atoms with E-state index in [0.717, 1.165) is 72.0 Å². The van der Waals surface area contributed by atoms with Gasteiger partial charge in [0.1, 0.15) is 11.0 Å². The Labute approximate surface area is 516 Å². The molecule has 0 radical (unpaired) electrons. The maximum Gasteiger partial charge on any atom is 0.505 e. The van der Waals surface area contributed by atoms with Crippen molar-refractivity contribution in [2.45, 2.75) is 163 Å². The smallest absolute Gasteiger partial charge is 0.399 e. The van der Waals surface area contributed by atoms with Crippen LogP contribution in [0.2, 0.25) is 0 Å². The van der Waals surface area contributed by atoms with Crippen LogP contribution in [0.25, 0.3) is 73.0 Å². The van der Waals surface area contributed by atoms with Crippen LogP contribution in [0, 0.1) is 5.92 Å². The number of hydrogen-bond donors (Lipinski definition) is 0. The molecule has 0 saturated carbocycles. The Kier molecular flexibility index (Phi) is 16.9. The van der Waals surface area contributed by atoms with Gasteiger partial charge in [0.05, 0.1) is 49.1 Å². The van der Waals surface area contributed by atoms with Crippen LogP contribution in [-0.2, 0) is 34.3 Å². The third-order valence-electron chi connectivity index (χ3n) is 17.2. The summed E-state index contributed by atoms with van der Waals surface area (Å²) in [5, 5.41) is 0. The van der Waals surface area contributed by atoms with Crippen molar-refractivity contribution >= 4 is 142 Å². The first-order chi connectivity index (χ1) is 38.3. The van der Waals surface area contributed by atoms with Crippen molar-refractivity contribution in [3.05, 3.63) is 112 Å². The lowest BCUT2D eigenvalue weighted by molar-refractivity contribution is 0.00578. The first-order valence-electron chi connectivity index (χ1n) is 28.1. The molecule has 7 aromatic heterocycles. The lowest BCUT2D eigenvalue weighted by Crippen LogP contribution is -2.41. The number of unbranched alkanes of at least 4 members (excludes halogenated alkanes) is 1. The number of hydrogen-bond acceptors (Lipinski definition) is 15. The van der Waals surface area contributed by atoms with Gasteiger partial charge in [-0.15, -0.1) is 68.0 Å². The van der Waals surface area contributed by atoms with Crippen LogP contribution in [-0.4, -0.2) is 63.7 Å². The van der Waals surface area contributed by atoms with Crippen molar-refractivity contribution in [2.75, 3.05) is 0 Å². The number of fused-ring (bicyclic) bond motifs is 1. The Morgan fingerprint density at radius 2 is 0.802 bits per heavy atom. The summed E-state index contributed by atoms with van der Waals surface area (Å²) in [6.45, 7) is 29.7. The summed E-state index contributed by atoms with van der Waals surface area (Å²) in [5.41, 5.74) is 5.42. The highest BCUT2D eigenvalue weighted by Crippen LogP contribution is 2.46. The minimum atomic E-state index is -0.393. The lowest BCUT2D eigenvalue weighted by Gasteiger charge is -2.32. The molecule has 10 heterocycles. The molecule has 422 valence electrons. The molecule has 9 aromatic rings. The van der Waals surface area contributed by atoms with Gasteiger partial charge in [-0.2, -0.15) is 8.75 Å². The number of rotatable bonds is 15. The molecule has 0 aliphatic carbocycles. The number of thiophene rings is 6. The Balaban J connectivity index is 0.000000183. The summed E-state index contributed by atoms with van der Waals surface area (Å²) in [7, 11) is -1.18. The summed E-state index contributed by atoms with van der Waals surface area (Å²) in [6, 6.07) is 37.6. The third-order valence-corrected chi connectivity index (χ3v) is 25.3. The van der Waals surface area contributed by atoms with E-state index in [9.17, 15) is 0 Å². The number of halogens is 1. The summed E-state index contributed by atoms with van der Waals surface area (Å²) >= 11 is 15.6. The van der Waals surface area contributed by atoms with Crippen LogP contribution < -0.4 is 14.3 Å². The first-order valence-corrected chi connectivity index (χ1v) is 34.5. The maximum atomic E-state index is 6.39. The van der Waals surface area contributed by atoms with E-state index in [4.69, 9.17) is 27.9 Å². The van der Waals surface area contributed by atoms with Gasteiger partial charge < -0.3 is 27.9 Å². The fourth-order valence-electron chi connectivity index (χ4n) is 10.0. The SMILES string of the molecule is CC1(C)OB(c2ccc(-c3cc(-c4ccc(B5OC(C)(C)C(C)(C)O5)s4)cc(-c4ccc(B5OC(C)(C)C(C)(C)O5)s4)c3)s2)OC1(C)C.CCCCC(CC)Cc1ccc(-c2ccc(-c3ccc(-c4ccc(Br)s4)c4nsnc34)s2)s1. The molecule has 8 nitrogen and oxygen atoms in total. The summed E-state index contributed by atoms with van der Waals surface area (Å²) in [4.78, 5) is 10.2. The molecule has 3 fully saturated rings. The molecular weight excluding hydrogens is 1210 g/mol. The highest BCUT2D eigenvalue weighted by Gasteiger charge is 2.54. The van der Waals surface area contributed by atoms with E-state index in [0.29, 0.717) is 0 Å². The molecule has 0 N–H and O–H groups in total. The van der Waals surface area contributed by atoms with Crippen molar-refractivity contribution in [2.24, 2.45) is 5.92 Å². The molecule has 0 bridgehead atoms. The van der Waals surface area contributed by atoms with Gasteiger partial charge in [-0.25, -0.2) is 0 Å². The zero-order chi connectivity index (χ0) is 57.4. The van der Waals surface area contributed by atoms with Gasteiger partial charge in [0.25, 0.3) is 0 Å². The van der Waals surface area contributed by atoms with Gasteiger partial charge in [0.15, 0.2) is 0 Å². The van der Waals surface area contributed by atoms with Crippen LogP contribution in [0.5, 0.6) is 0 Å². The Morgan fingerprint density at radius 1 is 0.432 bits per heavy atom. The fourth-order valence-corrected chi connectivity index (χ4v) is 17.1. The minimum Gasteiger partial charge on any atom is -0.399 e. The maximum absolute atomic E-state index is 6.39. The standard InChI is InChI=1S/C36H45B3O6S3.C26H25BrN2S4/c1-31(2)32(3,4)41-37(40-31)28-16-13-25(46-28)22-19-23(26-14-17-29(47-26)38-42-33(5,6)34(7,8)43-38)21-24(20-22)27-15-18-30(48-27)39-44-35(9,10)36(11,12)45-39;1-3-5-6-16(4-2)15-17-7-10-22(30-17)23-12-11-20(31-23)18-8-9-19(21-13-14-24(27)32-21)26-25(18)28-33-29-26/h13-21H,1-12H3;7-14,16H,3-6,15H2,1-2H3. The van der Waals surface area contributed by atoms with E-state index in [-0.39, 0.29) is 0 Å². The van der Waals surface area contributed by atoms with Crippen LogP contribution in [0.3, 0.4) is 0 Å². The molecule has 3 aliphatic heterocycles. The molecular formula is C62H70B3BrN2O6S7. The van der Waals surface area contributed by atoms with E-state index >= 15 is 0 Å². The molecule has 19 heteroatoms. The molecule has 3 aliphatic rings. The zero-order valence-electron chi connectivity index (χ0n) is 48.7. The van der Waals surface area contributed by atoms with Gasteiger partial charge in [0.2, 0.25) is 0 Å². The van der Waals surface area contributed by atoms with Gasteiger partial charge in [-0.05, 0) is 201 Å². The normalized spacial score (nSPS) is 19.0. The van der Waals surface area contributed by atoms with Gasteiger partial charge in [-0.3, -0.25) is 0 Å². The molecule has 3 saturated heterocycles. The third kappa shape index (κ3) is 12.1. The first kappa shape index (κ1) is 59.6. The average molecular weight is 1280 g/mol. The van der Waals surface area contributed by atoms with Gasteiger partial charge in [0, 0.05) is 64.5 Å². The van der Waals surface area contributed by atoms with Crippen molar-refractivity contribution in [1.29, 1.82) is 0 Å². The van der Waals surface area contributed by atoms with Crippen LogP contribution >= 0.6 is 95.7 Å². The summed E-state index contributed by atoms with van der Waals surface area (Å²) in [5.74, 6) is 0.809. The van der Waals surface area contributed by atoms with Crippen LogP contribution in [0.1, 0.15) is 127 Å². The quantitative estimate of drug-likeness (QED) is 0.0939. The number of aromatic nitrogens is 2. The van der Waals surface area contributed by atoms with E-state index in [1.54, 1.807) is 45.3 Å². The fraction of sp³-hybridized carbons (Fsp3) is 0.419. The monoisotopic (exact) mass is 1270 g/mol. The molecule has 0 amide bonds. The van der Waals surface area contributed by atoms with E-state index in [1.165, 1.54) is 73.8 Å². The Bertz CT molecular complexity index is 3420. The Hall–Kier alpha value is -3.11. The topological polar surface area (TPSA) is 81.2 Å². The van der Waals surface area contributed by atoms with Crippen molar-refractivity contribution in [3.8, 4) is 62.0 Å². The van der Waals surface area contributed by atoms with Crippen molar-refractivity contribution in [1.82, 2.24) is 8.75 Å². The highest BCUT2D eigenvalue weighted by molar-refractivity contribution is 9.11. The van der Waals surface area contributed by atoms with E-state index in [1.807, 2.05) is 22.7 Å². The Morgan fingerprint density at radius 3 is 1.20 bits per heavy atom. The second-order valence-electron chi connectivity index (χ2n) is 24.4. The molecule has 81 heavy (non-hydrogen) atoms. The molecule has 2 aromatic carbocycles. The predicted octanol–water partition coefficient (Wildman–Crippen LogP) is 18.2. The van der Waals surface area contributed by atoms with E-state index < -0.39 is 55.0 Å². The van der Waals surface area contributed by atoms with Crippen molar-refractivity contribution < 1.29 is 27.9 Å². The van der Waals surface area contributed by atoms with Crippen molar-refractivity contribution in [3.63, 3.8) is 0 Å². The highest BCUT2D eigenvalue weighted by atomic mass is 79.9. The largest absolute Gasteiger partial charge is 0.505 e. The molecule has 1 atom stereocenters. The lowest BCUT2D eigenvalue weighted by atomic mass is 9.88. The van der Waals surface area contributed by atoms with Crippen LogP contribution in [0.4, 0.5) is 0 Å². The van der Waals surface area contributed by atoms with Gasteiger partial charge in [-0.1, -0.05) is 69.9 Å². The molecule has 12 rings (SSSR count). The predicted molar refractivity (Wildman–Crippen MR) is 356 cm³/mol. The number of benzene rings is 2. The van der Waals surface area contributed by atoms with E-state index in [2.05, 4.69) is 225 Å². The van der Waals surface area contributed by atoms with Gasteiger partial charge >= 0.3 is 21.4 Å². The second-order valence-corrected chi connectivity index (χ2v) is 33.0. The number of nitrogens with zero attached hydrogens (tertiary/aromatic N) is 2.